The molecule has 140 valence electrons. The molecule has 9 heteroatoms. The quantitative estimate of drug-likeness (QED) is 0.717. The molecule has 2 rings (SSSR count). The average molecular weight is 378 g/mol. The Balaban J connectivity index is 2.18. The number of primary amides is 1. The zero-order valence-electron chi connectivity index (χ0n) is 15.2. The van der Waals surface area contributed by atoms with Gasteiger partial charge in [-0.3, -0.25) is 14.3 Å². The summed E-state index contributed by atoms with van der Waals surface area (Å²) in [6.45, 7) is 7.31. The van der Waals surface area contributed by atoms with Crippen LogP contribution in [0.4, 0.5) is 5.00 Å². The van der Waals surface area contributed by atoms with Crippen LogP contribution in [0.2, 0.25) is 0 Å². The Bertz CT molecular complexity index is 838. The van der Waals surface area contributed by atoms with E-state index in [-0.39, 0.29) is 33.9 Å². The van der Waals surface area contributed by atoms with Crippen molar-refractivity contribution in [1.82, 2.24) is 9.78 Å². The second kappa shape index (κ2) is 8.13. The molecule has 0 spiro atoms. The number of esters is 1. The van der Waals surface area contributed by atoms with Crippen molar-refractivity contribution >= 4 is 34.1 Å². The molecule has 0 bridgehead atoms. The first kappa shape index (κ1) is 19.6. The molecule has 0 aliphatic rings. The topological polar surface area (TPSA) is 116 Å². The van der Waals surface area contributed by atoms with Crippen molar-refractivity contribution in [3.63, 3.8) is 0 Å². The molecule has 2 aromatic rings. The van der Waals surface area contributed by atoms with Gasteiger partial charge in [-0.2, -0.15) is 5.10 Å². The van der Waals surface area contributed by atoms with Crippen molar-refractivity contribution in [2.24, 2.45) is 5.73 Å². The van der Waals surface area contributed by atoms with Crippen molar-refractivity contribution < 1.29 is 19.1 Å². The van der Waals surface area contributed by atoms with E-state index in [0.717, 1.165) is 17.0 Å². The second-order valence-corrected chi connectivity index (χ2v) is 7.12. The number of carbonyl (C=O) groups excluding carboxylic acids is 3. The number of nitrogens with one attached hydrogen (secondary N) is 1. The minimum atomic E-state index is -0.654. The average Bonchev–Trinajstić information content (AvgIpc) is 3.08. The predicted octanol–water partition coefficient (Wildman–Crippen LogP) is 2.25. The number of anilines is 1. The summed E-state index contributed by atoms with van der Waals surface area (Å²) in [6, 6.07) is 1.85. The largest absolute Gasteiger partial charge is 0.459 e. The highest BCUT2D eigenvalue weighted by atomic mass is 32.1. The zero-order chi connectivity index (χ0) is 19.4. The fourth-order valence-electron chi connectivity index (χ4n) is 2.35. The summed E-state index contributed by atoms with van der Waals surface area (Å²) in [5, 5.41) is 7.17. The number of aryl methyl sites for hydroxylation is 2. The molecule has 0 radical (unpaired) electrons. The third-order valence-corrected chi connectivity index (χ3v) is 4.73. The van der Waals surface area contributed by atoms with Crippen molar-refractivity contribution in [3.8, 4) is 0 Å². The van der Waals surface area contributed by atoms with Crippen molar-refractivity contribution in [2.75, 3.05) is 5.32 Å². The smallest absolute Gasteiger partial charge is 0.341 e. The molecule has 2 amide bonds. The molecule has 26 heavy (non-hydrogen) atoms. The molecular formula is C17H22N4O4S. The van der Waals surface area contributed by atoms with Crippen LogP contribution in [0, 0.1) is 13.8 Å². The molecule has 3 N–H and O–H groups in total. The fourth-order valence-corrected chi connectivity index (χ4v) is 3.41. The lowest BCUT2D eigenvalue weighted by molar-refractivity contribution is -0.116. The van der Waals surface area contributed by atoms with Crippen LogP contribution in [0.1, 0.15) is 51.6 Å². The summed E-state index contributed by atoms with van der Waals surface area (Å²) < 4.78 is 6.88. The van der Waals surface area contributed by atoms with E-state index in [9.17, 15) is 14.4 Å². The number of rotatable bonds is 7. The Hall–Kier alpha value is -2.68. The maximum absolute atomic E-state index is 12.4. The third kappa shape index (κ3) is 4.69. The first-order valence-corrected chi connectivity index (χ1v) is 8.94. The Morgan fingerprint density at radius 3 is 2.58 bits per heavy atom. The summed E-state index contributed by atoms with van der Waals surface area (Å²) in [7, 11) is 0. The maximum Gasteiger partial charge on any atom is 0.341 e. The van der Waals surface area contributed by atoms with Gasteiger partial charge in [0.15, 0.2) is 0 Å². The second-order valence-electron chi connectivity index (χ2n) is 6.10. The Morgan fingerprint density at radius 1 is 1.35 bits per heavy atom. The summed E-state index contributed by atoms with van der Waals surface area (Å²) >= 11 is 0.974. The van der Waals surface area contributed by atoms with Crippen LogP contribution in [0.5, 0.6) is 0 Å². The molecule has 8 nitrogen and oxygen atoms in total. The fraction of sp³-hybridized carbons (Fsp3) is 0.412. The van der Waals surface area contributed by atoms with E-state index >= 15 is 0 Å². The summed E-state index contributed by atoms with van der Waals surface area (Å²) in [4.78, 5) is 36.4. The minimum absolute atomic E-state index is 0.167. The summed E-state index contributed by atoms with van der Waals surface area (Å²) in [6.07, 6.45) is 1.63. The number of amides is 2. The Kier molecular flexibility index (Phi) is 6.14. The van der Waals surface area contributed by atoms with E-state index in [1.165, 1.54) is 0 Å². The number of nitrogens with two attached hydrogens (primary N) is 1. The van der Waals surface area contributed by atoms with Gasteiger partial charge in [0.2, 0.25) is 5.91 Å². The van der Waals surface area contributed by atoms with E-state index in [0.29, 0.717) is 12.1 Å². The minimum Gasteiger partial charge on any atom is -0.459 e. The van der Waals surface area contributed by atoms with Crippen molar-refractivity contribution in [2.45, 2.75) is 46.8 Å². The molecule has 0 atom stereocenters. The highest BCUT2D eigenvalue weighted by Gasteiger charge is 2.26. The molecule has 0 unspecified atom stereocenters. The monoisotopic (exact) mass is 378 g/mol. The molecule has 2 aromatic heterocycles. The first-order chi connectivity index (χ1) is 12.2. The molecule has 0 aromatic carbocycles. The lowest BCUT2D eigenvalue weighted by Gasteiger charge is -2.10. The summed E-state index contributed by atoms with van der Waals surface area (Å²) in [5.41, 5.74) is 6.80. The van der Waals surface area contributed by atoms with E-state index < -0.39 is 11.9 Å². The van der Waals surface area contributed by atoms with Gasteiger partial charge >= 0.3 is 5.97 Å². The number of hydrogen-bond donors (Lipinski definition) is 2. The zero-order valence-corrected chi connectivity index (χ0v) is 16.0. The van der Waals surface area contributed by atoms with Crippen LogP contribution in [0.15, 0.2) is 12.3 Å². The van der Waals surface area contributed by atoms with Crippen LogP contribution in [-0.2, 0) is 16.1 Å². The van der Waals surface area contributed by atoms with Gasteiger partial charge in [0.1, 0.15) is 5.00 Å². The maximum atomic E-state index is 12.4. The van der Waals surface area contributed by atoms with Crippen LogP contribution < -0.4 is 11.1 Å². The van der Waals surface area contributed by atoms with E-state index in [1.807, 2.05) is 13.0 Å². The van der Waals surface area contributed by atoms with Gasteiger partial charge in [-0.05, 0) is 39.3 Å². The van der Waals surface area contributed by atoms with Gasteiger partial charge in [-0.15, -0.1) is 11.3 Å². The first-order valence-electron chi connectivity index (χ1n) is 8.13. The molecule has 0 saturated carbocycles. The van der Waals surface area contributed by atoms with Crippen LogP contribution in [0.3, 0.4) is 0 Å². The number of ether oxygens (including phenoxy) is 1. The number of carbonyl (C=O) groups is 3. The lowest BCUT2D eigenvalue weighted by atomic mass is 10.1. The number of aromatic nitrogens is 2. The Morgan fingerprint density at radius 2 is 2.04 bits per heavy atom. The third-order valence-electron chi connectivity index (χ3n) is 3.51. The van der Waals surface area contributed by atoms with Crippen molar-refractivity contribution in [1.29, 1.82) is 0 Å². The van der Waals surface area contributed by atoms with E-state index in [2.05, 4.69) is 10.4 Å². The molecule has 0 fully saturated rings. The number of thiophene rings is 1. The molecule has 2 heterocycles. The SMILES string of the molecule is Cc1ccn(CCC(=O)Nc2sc(C(N)=O)c(C)c2C(=O)OC(C)C)n1. The van der Waals surface area contributed by atoms with Gasteiger partial charge in [0, 0.05) is 19.2 Å². The summed E-state index contributed by atoms with van der Waals surface area (Å²) in [5.74, 6) is -1.55. The van der Waals surface area contributed by atoms with E-state index in [4.69, 9.17) is 10.5 Å². The molecule has 0 aliphatic heterocycles. The van der Waals surface area contributed by atoms with Crippen LogP contribution in [0.25, 0.3) is 0 Å². The van der Waals surface area contributed by atoms with Gasteiger partial charge in [-0.1, -0.05) is 0 Å². The molecule has 0 saturated heterocycles. The highest BCUT2D eigenvalue weighted by Crippen LogP contribution is 2.33. The standard InChI is InChI=1S/C17H22N4O4S/c1-9(2)25-17(24)13-11(4)14(15(18)23)26-16(13)19-12(22)6-8-21-7-5-10(3)20-21/h5,7,9H,6,8H2,1-4H3,(H2,18,23)(H,19,22). The van der Waals surface area contributed by atoms with E-state index in [1.54, 1.807) is 31.6 Å². The van der Waals surface area contributed by atoms with Crippen molar-refractivity contribution in [3.05, 3.63) is 34.0 Å². The van der Waals surface area contributed by atoms with Gasteiger partial charge in [0.25, 0.3) is 5.91 Å². The number of nitrogens with zero attached hydrogens (tertiary/aromatic N) is 2. The van der Waals surface area contributed by atoms with Gasteiger partial charge in [0.05, 0.1) is 22.2 Å². The lowest BCUT2D eigenvalue weighted by Crippen LogP contribution is -2.18. The molecule has 0 aliphatic carbocycles. The normalized spacial score (nSPS) is 10.8. The highest BCUT2D eigenvalue weighted by molar-refractivity contribution is 7.18. The van der Waals surface area contributed by atoms with Crippen LogP contribution in [-0.4, -0.2) is 33.7 Å². The van der Waals surface area contributed by atoms with Crippen LogP contribution >= 0.6 is 11.3 Å². The number of hydrogen-bond acceptors (Lipinski definition) is 6. The molecular weight excluding hydrogens is 356 g/mol. The predicted molar refractivity (Wildman–Crippen MR) is 98.3 cm³/mol. The Labute approximate surface area is 155 Å². The van der Waals surface area contributed by atoms with Gasteiger partial charge in [-0.25, -0.2) is 4.79 Å². The van der Waals surface area contributed by atoms with Gasteiger partial charge < -0.3 is 15.8 Å².